The zero-order valence-corrected chi connectivity index (χ0v) is 6.10. The lowest BCUT2D eigenvalue weighted by Crippen LogP contribution is -2.23. The van der Waals surface area contributed by atoms with Crippen LogP contribution in [0.4, 0.5) is 0 Å². The molecule has 0 N–H and O–H groups in total. The van der Waals surface area contributed by atoms with E-state index in [1.165, 1.54) is 0 Å². The minimum Gasteiger partial charge on any atom is -0.465 e. The summed E-state index contributed by atoms with van der Waals surface area (Å²) in [6.07, 6.45) is 0. The molecule has 0 saturated carbocycles. The molecule has 0 aromatic carbocycles. The lowest BCUT2D eigenvalue weighted by Gasteiger charge is -2.15. The highest BCUT2D eigenvalue weighted by molar-refractivity contribution is 5.78. The van der Waals surface area contributed by atoms with Crippen LogP contribution in [0.3, 0.4) is 0 Å². The fourth-order valence-corrected chi connectivity index (χ4v) is 0.796. The Morgan fingerprint density at radius 2 is 2.22 bits per heavy atom. The van der Waals surface area contributed by atoms with Gasteiger partial charge in [0.25, 0.3) is 0 Å². The van der Waals surface area contributed by atoms with Crippen molar-refractivity contribution in [3.8, 4) is 0 Å². The molecule has 0 aromatic heterocycles. The average Bonchev–Trinajstić information content (AvgIpc) is 1.96. The number of carbonyl (C=O) groups is 1. The maximum absolute atomic E-state index is 10.9. The van der Waals surface area contributed by atoms with Gasteiger partial charge in [-0.25, -0.2) is 0 Å². The molecule has 9 heavy (non-hydrogen) atoms. The van der Waals surface area contributed by atoms with Crippen LogP contribution in [0.2, 0.25) is 0 Å². The summed E-state index contributed by atoms with van der Waals surface area (Å²) >= 11 is 0. The predicted molar refractivity (Wildman–Crippen MR) is 33.9 cm³/mol. The van der Waals surface area contributed by atoms with Crippen molar-refractivity contribution in [2.75, 3.05) is 6.61 Å². The van der Waals surface area contributed by atoms with E-state index >= 15 is 0 Å². The number of cyclic esters (lactones) is 1. The van der Waals surface area contributed by atoms with Gasteiger partial charge in [-0.05, 0) is 13.8 Å². The molecule has 1 aliphatic heterocycles. The van der Waals surface area contributed by atoms with E-state index < -0.39 is 0 Å². The molecule has 0 aliphatic carbocycles. The van der Waals surface area contributed by atoms with E-state index in [1.54, 1.807) is 0 Å². The van der Waals surface area contributed by atoms with E-state index in [1.807, 2.05) is 20.8 Å². The van der Waals surface area contributed by atoms with Crippen LogP contribution in [0, 0.1) is 11.3 Å². The zero-order valence-electron chi connectivity index (χ0n) is 6.10. The van der Waals surface area contributed by atoms with Crippen LogP contribution in [0.5, 0.6) is 0 Å². The van der Waals surface area contributed by atoms with Crippen molar-refractivity contribution in [1.29, 1.82) is 0 Å². The molecule has 1 heterocycles. The van der Waals surface area contributed by atoms with Crippen molar-refractivity contribution in [3.63, 3.8) is 0 Å². The van der Waals surface area contributed by atoms with Crippen LogP contribution in [0.25, 0.3) is 0 Å². The third-order valence-corrected chi connectivity index (χ3v) is 2.22. The van der Waals surface area contributed by atoms with E-state index in [9.17, 15) is 4.79 Å². The number of hydrogen-bond donors (Lipinski definition) is 0. The van der Waals surface area contributed by atoms with Crippen molar-refractivity contribution < 1.29 is 9.53 Å². The molecule has 1 saturated heterocycles. The average molecular weight is 128 g/mol. The van der Waals surface area contributed by atoms with Crippen molar-refractivity contribution >= 4 is 5.97 Å². The van der Waals surface area contributed by atoms with Gasteiger partial charge in [-0.15, -0.1) is 0 Å². The van der Waals surface area contributed by atoms with Gasteiger partial charge >= 0.3 is 5.97 Å². The summed E-state index contributed by atoms with van der Waals surface area (Å²) in [6.45, 7) is 6.47. The molecule has 1 rings (SSSR count). The standard InChI is InChI=1S/C7H12O2/c1-5-4-9-6(8)7(5,2)3/h5H,4H2,1-3H3. The molecular weight excluding hydrogens is 116 g/mol. The van der Waals surface area contributed by atoms with Gasteiger partial charge < -0.3 is 4.74 Å². The molecule has 0 bridgehead atoms. The normalized spacial score (nSPS) is 32.3. The second-order valence-electron chi connectivity index (χ2n) is 3.22. The number of rotatable bonds is 0. The molecular formula is C7H12O2. The Morgan fingerprint density at radius 3 is 2.33 bits per heavy atom. The Balaban J connectivity index is 2.78. The van der Waals surface area contributed by atoms with E-state index in [0.717, 1.165) is 0 Å². The zero-order chi connectivity index (χ0) is 7.07. The van der Waals surface area contributed by atoms with Crippen molar-refractivity contribution in [1.82, 2.24) is 0 Å². The molecule has 1 unspecified atom stereocenters. The van der Waals surface area contributed by atoms with Gasteiger partial charge in [-0.1, -0.05) is 6.92 Å². The second-order valence-corrected chi connectivity index (χ2v) is 3.22. The van der Waals surface area contributed by atoms with Crippen LogP contribution in [0.1, 0.15) is 20.8 Å². The number of esters is 1. The van der Waals surface area contributed by atoms with Crippen molar-refractivity contribution in [2.24, 2.45) is 11.3 Å². The minimum absolute atomic E-state index is 0.0602. The quantitative estimate of drug-likeness (QED) is 0.458. The molecule has 2 nitrogen and oxygen atoms in total. The monoisotopic (exact) mass is 128 g/mol. The molecule has 1 atom stereocenters. The van der Waals surface area contributed by atoms with Crippen LogP contribution >= 0.6 is 0 Å². The number of hydrogen-bond acceptors (Lipinski definition) is 2. The highest BCUT2D eigenvalue weighted by atomic mass is 16.5. The molecule has 0 spiro atoms. The van der Waals surface area contributed by atoms with Crippen LogP contribution in [0.15, 0.2) is 0 Å². The Hall–Kier alpha value is -0.530. The highest BCUT2D eigenvalue weighted by Crippen LogP contribution is 2.33. The van der Waals surface area contributed by atoms with Crippen molar-refractivity contribution in [2.45, 2.75) is 20.8 Å². The lowest BCUT2D eigenvalue weighted by molar-refractivity contribution is -0.144. The smallest absolute Gasteiger partial charge is 0.311 e. The van der Waals surface area contributed by atoms with Gasteiger partial charge in [0.1, 0.15) is 0 Å². The van der Waals surface area contributed by atoms with Gasteiger partial charge in [0, 0.05) is 5.92 Å². The van der Waals surface area contributed by atoms with Gasteiger partial charge in [0.15, 0.2) is 0 Å². The first-order valence-corrected chi connectivity index (χ1v) is 3.22. The summed E-state index contributed by atoms with van der Waals surface area (Å²) in [6, 6.07) is 0. The topological polar surface area (TPSA) is 26.3 Å². The van der Waals surface area contributed by atoms with E-state index in [-0.39, 0.29) is 11.4 Å². The fourth-order valence-electron chi connectivity index (χ4n) is 0.796. The Bertz CT molecular complexity index is 138. The van der Waals surface area contributed by atoms with Gasteiger partial charge in [-0.2, -0.15) is 0 Å². The SMILES string of the molecule is CC1COC(=O)C1(C)C. The van der Waals surface area contributed by atoms with Gasteiger partial charge in [0.2, 0.25) is 0 Å². The molecule has 0 amide bonds. The van der Waals surface area contributed by atoms with Gasteiger partial charge in [-0.3, -0.25) is 4.79 Å². The molecule has 52 valence electrons. The highest BCUT2D eigenvalue weighted by Gasteiger charge is 2.41. The lowest BCUT2D eigenvalue weighted by atomic mass is 9.83. The summed E-state index contributed by atoms with van der Waals surface area (Å²) in [5, 5.41) is 0. The number of ether oxygens (including phenoxy) is 1. The Morgan fingerprint density at radius 1 is 1.67 bits per heavy atom. The predicted octanol–water partition coefficient (Wildman–Crippen LogP) is 1.21. The Kier molecular flexibility index (Phi) is 1.26. The number of carbonyl (C=O) groups excluding carboxylic acids is 1. The molecule has 1 fully saturated rings. The summed E-state index contributed by atoms with van der Waals surface area (Å²) in [7, 11) is 0. The first-order chi connectivity index (χ1) is 4.05. The van der Waals surface area contributed by atoms with Crippen LogP contribution < -0.4 is 0 Å². The largest absolute Gasteiger partial charge is 0.465 e. The third-order valence-electron chi connectivity index (χ3n) is 2.22. The molecule has 0 aromatic rings. The van der Waals surface area contributed by atoms with Crippen molar-refractivity contribution in [3.05, 3.63) is 0 Å². The molecule has 0 radical (unpaired) electrons. The summed E-state index contributed by atoms with van der Waals surface area (Å²) in [5.74, 6) is 0.306. The van der Waals surface area contributed by atoms with E-state index in [4.69, 9.17) is 4.74 Å². The van der Waals surface area contributed by atoms with Crippen LogP contribution in [-0.4, -0.2) is 12.6 Å². The fraction of sp³-hybridized carbons (Fsp3) is 0.857. The molecule has 2 heteroatoms. The Labute approximate surface area is 55.2 Å². The summed E-state index contributed by atoms with van der Waals surface area (Å²) in [4.78, 5) is 10.9. The van der Waals surface area contributed by atoms with E-state index in [2.05, 4.69) is 0 Å². The first kappa shape index (κ1) is 6.59. The van der Waals surface area contributed by atoms with Crippen LogP contribution in [-0.2, 0) is 9.53 Å². The van der Waals surface area contributed by atoms with Gasteiger partial charge in [0.05, 0.1) is 12.0 Å². The molecule has 1 aliphatic rings. The maximum atomic E-state index is 10.9. The third kappa shape index (κ3) is 0.824. The van der Waals surface area contributed by atoms with E-state index in [0.29, 0.717) is 12.5 Å². The second kappa shape index (κ2) is 1.72. The maximum Gasteiger partial charge on any atom is 0.311 e. The first-order valence-electron chi connectivity index (χ1n) is 3.22. The summed E-state index contributed by atoms with van der Waals surface area (Å²) < 4.78 is 4.84. The minimum atomic E-state index is -0.250. The summed E-state index contributed by atoms with van der Waals surface area (Å²) in [5.41, 5.74) is -0.250.